The number of halogens is 1. The van der Waals surface area contributed by atoms with Crippen LogP contribution in [0.3, 0.4) is 0 Å². The molecule has 0 atom stereocenters. The van der Waals surface area contributed by atoms with E-state index in [-0.39, 0.29) is 30.1 Å². The van der Waals surface area contributed by atoms with Crippen LogP contribution >= 0.6 is 24.0 Å². The van der Waals surface area contributed by atoms with Crippen molar-refractivity contribution in [2.24, 2.45) is 4.99 Å². The van der Waals surface area contributed by atoms with Gasteiger partial charge < -0.3 is 15.0 Å². The third-order valence-corrected chi connectivity index (χ3v) is 6.15. The molecule has 29 heavy (non-hydrogen) atoms. The van der Waals surface area contributed by atoms with Crippen molar-refractivity contribution in [3.63, 3.8) is 0 Å². The predicted octanol–water partition coefficient (Wildman–Crippen LogP) is 2.78. The highest BCUT2D eigenvalue weighted by Gasteiger charge is 2.22. The highest BCUT2D eigenvalue weighted by Crippen LogP contribution is 2.18. The first-order valence-electron chi connectivity index (χ1n) is 10.1. The lowest BCUT2D eigenvalue weighted by Crippen LogP contribution is -2.47. The van der Waals surface area contributed by atoms with Gasteiger partial charge in [-0.25, -0.2) is 12.7 Å². The maximum atomic E-state index is 11.7. The van der Waals surface area contributed by atoms with Crippen molar-refractivity contribution >= 4 is 40.0 Å². The van der Waals surface area contributed by atoms with Crippen LogP contribution in [0.5, 0.6) is 5.75 Å². The van der Waals surface area contributed by atoms with Gasteiger partial charge in [-0.1, -0.05) is 25.1 Å². The second kappa shape index (κ2) is 13.3. The Bertz CT molecular complexity index is 708. The van der Waals surface area contributed by atoms with Crippen molar-refractivity contribution < 1.29 is 13.2 Å². The summed E-state index contributed by atoms with van der Waals surface area (Å²) in [6.07, 6.45) is 4.11. The third-order valence-electron chi connectivity index (χ3n) is 4.77. The van der Waals surface area contributed by atoms with E-state index in [1.54, 1.807) is 0 Å². The zero-order chi connectivity index (χ0) is 20.4. The number of sulfonamides is 1. The molecule has 1 heterocycles. The van der Waals surface area contributed by atoms with E-state index in [1.807, 2.05) is 37.3 Å². The van der Waals surface area contributed by atoms with E-state index in [9.17, 15) is 8.42 Å². The Morgan fingerprint density at radius 2 is 1.90 bits per heavy atom. The van der Waals surface area contributed by atoms with Crippen molar-refractivity contribution in [1.82, 2.24) is 14.5 Å². The quantitative estimate of drug-likeness (QED) is 0.227. The predicted molar refractivity (Wildman–Crippen MR) is 130 cm³/mol. The van der Waals surface area contributed by atoms with Crippen LogP contribution in [0.25, 0.3) is 0 Å². The van der Waals surface area contributed by atoms with Crippen LogP contribution in [0.1, 0.15) is 33.1 Å². The summed E-state index contributed by atoms with van der Waals surface area (Å²) in [6, 6.07) is 9.96. The normalized spacial score (nSPS) is 15.9. The number of piperidine rings is 1. The molecular formula is C20H35IN4O3S. The van der Waals surface area contributed by atoms with Crippen molar-refractivity contribution in [2.45, 2.75) is 39.2 Å². The lowest BCUT2D eigenvalue weighted by atomic mass is 10.1. The molecule has 7 nitrogen and oxygen atoms in total. The van der Waals surface area contributed by atoms with E-state index >= 15 is 0 Å². The lowest BCUT2D eigenvalue weighted by molar-refractivity contribution is 0.129. The molecular weight excluding hydrogens is 503 g/mol. The largest absolute Gasteiger partial charge is 0.490 e. The minimum absolute atomic E-state index is 0. The molecule has 0 aliphatic carbocycles. The first-order valence-corrected chi connectivity index (χ1v) is 12.0. The molecule has 166 valence electrons. The zero-order valence-corrected chi connectivity index (χ0v) is 20.9. The molecule has 1 aromatic rings. The van der Waals surface area contributed by atoms with E-state index in [0.29, 0.717) is 26.1 Å². The first kappa shape index (κ1) is 26.0. The Balaban J connectivity index is 0.00000420. The molecule has 0 bridgehead atoms. The van der Waals surface area contributed by atoms with Crippen LogP contribution < -0.4 is 10.1 Å². The van der Waals surface area contributed by atoms with Gasteiger partial charge >= 0.3 is 0 Å². The molecule has 0 spiro atoms. The molecule has 0 aromatic heterocycles. The van der Waals surface area contributed by atoms with Crippen molar-refractivity contribution in [3.05, 3.63) is 30.3 Å². The number of hydrogen-bond donors (Lipinski definition) is 1. The van der Waals surface area contributed by atoms with Gasteiger partial charge in [-0.2, -0.15) is 0 Å². The molecule has 2 rings (SSSR count). The van der Waals surface area contributed by atoms with E-state index in [2.05, 4.69) is 17.1 Å². The van der Waals surface area contributed by atoms with E-state index in [0.717, 1.165) is 44.2 Å². The van der Waals surface area contributed by atoms with Crippen LogP contribution in [0.4, 0.5) is 0 Å². The summed E-state index contributed by atoms with van der Waals surface area (Å²) in [5, 5.41) is 3.35. The second-order valence-corrected chi connectivity index (χ2v) is 8.94. The van der Waals surface area contributed by atoms with Crippen molar-refractivity contribution in [1.29, 1.82) is 0 Å². The first-order chi connectivity index (χ1) is 13.4. The highest BCUT2D eigenvalue weighted by atomic mass is 127. The van der Waals surface area contributed by atoms with Crippen LogP contribution in [0, 0.1) is 0 Å². The van der Waals surface area contributed by atoms with Crippen molar-refractivity contribution in [3.8, 4) is 5.75 Å². The third kappa shape index (κ3) is 9.08. The topological polar surface area (TPSA) is 74.2 Å². The summed E-state index contributed by atoms with van der Waals surface area (Å²) >= 11 is 0. The zero-order valence-electron chi connectivity index (χ0n) is 17.7. The molecule has 0 unspecified atom stereocenters. The number of hydrogen-bond acceptors (Lipinski definition) is 4. The average molecular weight is 538 g/mol. The summed E-state index contributed by atoms with van der Waals surface area (Å²) in [5.41, 5.74) is 0. The summed E-state index contributed by atoms with van der Waals surface area (Å²) in [4.78, 5) is 6.97. The number of benzene rings is 1. The summed E-state index contributed by atoms with van der Waals surface area (Å²) in [6.45, 7) is 8.13. The monoisotopic (exact) mass is 538 g/mol. The van der Waals surface area contributed by atoms with Crippen LogP contribution in [-0.2, 0) is 10.0 Å². The maximum Gasteiger partial charge on any atom is 0.211 e. The number of guanidine groups is 1. The van der Waals surface area contributed by atoms with Gasteiger partial charge in [0, 0.05) is 52.1 Å². The Kier molecular flexibility index (Phi) is 11.9. The Morgan fingerprint density at radius 1 is 1.24 bits per heavy atom. The number of ether oxygens (including phenoxy) is 1. The number of likely N-dealkylation sites (tertiary alicyclic amines) is 1. The molecule has 0 radical (unpaired) electrons. The van der Waals surface area contributed by atoms with Gasteiger partial charge in [0.05, 0.1) is 6.26 Å². The number of nitrogens with one attached hydrogen (secondary N) is 1. The van der Waals surface area contributed by atoms with Gasteiger partial charge in [0.15, 0.2) is 5.96 Å². The van der Waals surface area contributed by atoms with Gasteiger partial charge in [0.2, 0.25) is 10.0 Å². The number of aliphatic imine (C=N–C) groups is 1. The fraction of sp³-hybridized carbons (Fsp3) is 0.650. The van der Waals surface area contributed by atoms with Gasteiger partial charge in [0.25, 0.3) is 0 Å². The van der Waals surface area contributed by atoms with E-state index in [4.69, 9.17) is 9.73 Å². The Hall–Kier alpha value is -1.07. The molecule has 1 N–H and O–H groups in total. The van der Waals surface area contributed by atoms with Gasteiger partial charge in [-0.3, -0.25) is 4.99 Å². The smallest absolute Gasteiger partial charge is 0.211 e. The Labute approximate surface area is 193 Å². The number of nitrogens with zero attached hydrogens (tertiary/aromatic N) is 3. The summed E-state index contributed by atoms with van der Waals surface area (Å²) < 4.78 is 30.9. The minimum Gasteiger partial charge on any atom is -0.490 e. The molecule has 9 heteroatoms. The molecule has 1 aliphatic rings. The SMILES string of the molecule is CCNC(=NCCCN(CC)S(C)(=O)=O)N1CCC(Oc2ccccc2)CC1.I. The number of para-hydroxylation sites is 1. The van der Waals surface area contributed by atoms with Gasteiger partial charge in [0.1, 0.15) is 11.9 Å². The van der Waals surface area contributed by atoms with Crippen LogP contribution in [0.15, 0.2) is 35.3 Å². The van der Waals surface area contributed by atoms with E-state index < -0.39 is 10.0 Å². The maximum absolute atomic E-state index is 11.7. The van der Waals surface area contributed by atoms with Crippen molar-refractivity contribution in [2.75, 3.05) is 45.5 Å². The van der Waals surface area contributed by atoms with Gasteiger partial charge in [-0.15, -0.1) is 24.0 Å². The molecule has 0 amide bonds. The number of rotatable bonds is 9. The Morgan fingerprint density at radius 3 is 2.45 bits per heavy atom. The molecule has 1 fully saturated rings. The van der Waals surface area contributed by atoms with Crippen LogP contribution in [-0.4, -0.2) is 75.2 Å². The summed E-state index contributed by atoms with van der Waals surface area (Å²) in [5.74, 6) is 1.83. The molecule has 0 saturated carbocycles. The van der Waals surface area contributed by atoms with Gasteiger partial charge in [-0.05, 0) is 25.5 Å². The highest BCUT2D eigenvalue weighted by molar-refractivity contribution is 14.0. The molecule has 1 saturated heterocycles. The fourth-order valence-corrected chi connectivity index (χ4v) is 4.22. The minimum atomic E-state index is -3.13. The molecule has 1 aromatic carbocycles. The van der Waals surface area contributed by atoms with E-state index in [1.165, 1.54) is 10.6 Å². The average Bonchev–Trinajstić information content (AvgIpc) is 2.67. The molecule has 1 aliphatic heterocycles. The standard InChI is InChI=1S/C20H34N4O3S.HI/c1-4-21-20(22-14-9-15-24(5-2)28(3,25)26)23-16-12-19(13-17-23)27-18-10-7-6-8-11-18;/h6-8,10-11,19H,4-5,9,12-17H2,1-3H3,(H,21,22);1H. The second-order valence-electron chi connectivity index (χ2n) is 6.96. The fourth-order valence-electron chi connectivity index (χ4n) is 3.29. The lowest BCUT2D eigenvalue weighted by Gasteiger charge is -2.34. The summed E-state index contributed by atoms with van der Waals surface area (Å²) in [7, 11) is -3.13. The van der Waals surface area contributed by atoms with Crippen LogP contribution in [0.2, 0.25) is 0 Å².